The summed E-state index contributed by atoms with van der Waals surface area (Å²) < 4.78 is 22.1. The van der Waals surface area contributed by atoms with E-state index in [-0.39, 0.29) is 18.8 Å². The van der Waals surface area contributed by atoms with Crippen molar-refractivity contribution in [1.82, 2.24) is 0 Å². The first-order chi connectivity index (χ1) is 13.1. The van der Waals surface area contributed by atoms with Crippen LogP contribution in [0.4, 0.5) is 5.69 Å². The van der Waals surface area contributed by atoms with Gasteiger partial charge in [-0.05, 0) is 44.2 Å². The number of fused-ring (bicyclic) bond motifs is 2. The second-order valence-corrected chi connectivity index (χ2v) is 6.45. The van der Waals surface area contributed by atoms with Gasteiger partial charge < -0.3 is 24.3 Å². The van der Waals surface area contributed by atoms with E-state index in [0.717, 1.165) is 29.0 Å². The van der Waals surface area contributed by atoms with Gasteiger partial charge in [0.05, 0.1) is 6.61 Å². The van der Waals surface area contributed by atoms with Crippen LogP contribution < -0.4 is 24.3 Å². The zero-order valence-electron chi connectivity index (χ0n) is 15.3. The van der Waals surface area contributed by atoms with E-state index < -0.39 is 0 Å². The molecule has 1 atom stereocenters. The van der Waals surface area contributed by atoms with Gasteiger partial charge in [0.2, 0.25) is 12.7 Å². The highest BCUT2D eigenvalue weighted by Gasteiger charge is 2.21. The fourth-order valence-corrected chi connectivity index (χ4v) is 3.19. The predicted octanol–water partition coefficient (Wildman–Crippen LogP) is 3.79. The summed E-state index contributed by atoms with van der Waals surface area (Å²) in [6, 6.07) is 9.21. The number of ether oxygens (including phenoxy) is 4. The quantitative estimate of drug-likeness (QED) is 0.815. The fourth-order valence-electron chi connectivity index (χ4n) is 3.19. The molecule has 2 aromatic carbocycles. The number of benzene rings is 2. The monoisotopic (exact) mass is 367 g/mol. The Morgan fingerprint density at radius 1 is 1.22 bits per heavy atom. The molecule has 1 amide bonds. The van der Waals surface area contributed by atoms with Crippen molar-refractivity contribution in [2.45, 2.75) is 26.4 Å². The largest absolute Gasteiger partial charge is 0.493 e. The third-order valence-corrected chi connectivity index (χ3v) is 4.38. The molecular weight excluding hydrogens is 346 g/mol. The molecule has 1 unspecified atom stereocenters. The molecule has 0 aliphatic carbocycles. The van der Waals surface area contributed by atoms with Gasteiger partial charge in [0.15, 0.2) is 11.5 Å². The van der Waals surface area contributed by atoms with E-state index in [0.29, 0.717) is 23.8 Å². The van der Waals surface area contributed by atoms with Crippen molar-refractivity contribution < 1.29 is 23.7 Å². The minimum Gasteiger partial charge on any atom is -0.493 e. The van der Waals surface area contributed by atoms with Crippen molar-refractivity contribution in [3.05, 3.63) is 47.5 Å². The number of nitrogens with one attached hydrogen (secondary N) is 1. The Morgan fingerprint density at radius 3 is 2.93 bits per heavy atom. The number of rotatable bonds is 5. The lowest BCUT2D eigenvalue weighted by Gasteiger charge is -2.10. The summed E-state index contributed by atoms with van der Waals surface area (Å²) in [5.74, 6) is 2.66. The summed E-state index contributed by atoms with van der Waals surface area (Å²) in [5.41, 5.74) is 2.59. The van der Waals surface area contributed by atoms with Crippen molar-refractivity contribution in [2.75, 3.05) is 18.7 Å². The van der Waals surface area contributed by atoms with Crippen LogP contribution >= 0.6 is 0 Å². The number of amides is 1. The predicted molar refractivity (Wildman–Crippen MR) is 102 cm³/mol. The summed E-state index contributed by atoms with van der Waals surface area (Å²) in [7, 11) is 0. The molecule has 27 heavy (non-hydrogen) atoms. The molecule has 4 rings (SSSR count). The van der Waals surface area contributed by atoms with Crippen LogP contribution in [0.15, 0.2) is 36.4 Å². The zero-order valence-corrected chi connectivity index (χ0v) is 15.3. The summed E-state index contributed by atoms with van der Waals surface area (Å²) in [6.45, 7) is 4.73. The summed E-state index contributed by atoms with van der Waals surface area (Å²) >= 11 is 0. The molecule has 6 heteroatoms. The molecule has 0 saturated carbocycles. The van der Waals surface area contributed by atoms with E-state index in [4.69, 9.17) is 18.9 Å². The average Bonchev–Trinajstić information content (AvgIpc) is 3.24. The van der Waals surface area contributed by atoms with Crippen LogP contribution in [-0.2, 0) is 11.2 Å². The third-order valence-electron chi connectivity index (χ3n) is 4.38. The first kappa shape index (κ1) is 17.3. The maximum Gasteiger partial charge on any atom is 0.248 e. The van der Waals surface area contributed by atoms with Crippen LogP contribution in [0.2, 0.25) is 0 Å². The highest BCUT2D eigenvalue weighted by atomic mass is 16.7. The topological polar surface area (TPSA) is 66.0 Å². The third kappa shape index (κ3) is 3.69. The summed E-state index contributed by atoms with van der Waals surface area (Å²) in [4.78, 5) is 12.3. The molecule has 1 N–H and O–H groups in total. The second kappa shape index (κ2) is 7.23. The number of hydrogen-bond acceptors (Lipinski definition) is 5. The van der Waals surface area contributed by atoms with E-state index in [1.165, 1.54) is 6.08 Å². The van der Waals surface area contributed by atoms with Gasteiger partial charge in [0.1, 0.15) is 17.6 Å². The van der Waals surface area contributed by atoms with E-state index >= 15 is 0 Å². The molecule has 2 aliphatic heterocycles. The Labute approximate surface area is 157 Å². The lowest BCUT2D eigenvalue weighted by molar-refractivity contribution is -0.111. The Hall–Kier alpha value is -3.15. The van der Waals surface area contributed by atoms with E-state index in [9.17, 15) is 4.79 Å². The number of hydrogen-bond donors (Lipinski definition) is 1. The molecule has 6 nitrogen and oxygen atoms in total. The lowest BCUT2D eigenvalue weighted by atomic mass is 10.1. The first-order valence-electron chi connectivity index (χ1n) is 8.97. The Kier molecular flexibility index (Phi) is 4.62. The van der Waals surface area contributed by atoms with Crippen LogP contribution in [0, 0.1) is 0 Å². The molecule has 2 aliphatic rings. The second-order valence-electron chi connectivity index (χ2n) is 6.45. The van der Waals surface area contributed by atoms with Crippen molar-refractivity contribution >= 4 is 17.7 Å². The van der Waals surface area contributed by atoms with Crippen LogP contribution in [0.5, 0.6) is 23.0 Å². The Bertz CT molecular complexity index is 906. The lowest BCUT2D eigenvalue weighted by Crippen LogP contribution is -2.07. The van der Waals surface area contributed by atoms with Crippen LogP contribution in [0.1, 0.15) is 25.0 Å². The zero-order chi connectivity index (χ0) is 18.8. The SMILES string of the molecule is CCOc1cc2c(cc1C=CC(=O)Nc1ccc3c(c1)OCO3)OC(C)C2. The highest BCUT2D eigenvalue weighted by molar-refractivity contribution is 6.02. The Morgan fingerprint density at radius 2 is 2.07 bits per heavy atom. The summed E-state index contributed by atoms with van der Waals surface area (Å²) in [6.07, 6.45) is 4.24. The maximum absolute atomic E-state index is 12.3. The molecule has 0 bridgehead atoms. The molecule has 0 aromatic heterocycles. The van der Waals surface area contributed by atoms with Gasteiger partial charge in [-0.1, -0.05) is 0 Å². The molecule has 0 fully saturated rings. The average molecular weight is 367 g/mol. The van der Waals surface area contributed by atoms with Gasteiger partial charge in [0.25, 0.3) is 0 Å². The Balaban J connectivity index is 1.50. The van der Waals surface area contributed by atoms with E-state index in [2.05, 4.69) is 5.32 Å². The van der Waals surface area contributed by atoms with Crippen LogP contribution in [-0.4, -0.2) is 25.4 Å². The molecular formula is C21H21NO5. The molecule has 2 heterocycles. The van der Waals surface area contributed by atoms with Crippen LogP contribution in [0.25, 0.3) is 6.08 Å². The molecule has 2 aromatic rings. The number of carbonyl (C=O) groups excluding carboxylic acids is 1. The first-order valence-corrected chi connectivity index (χ1v) is 8.97. The highest BCUT2D eigenvalue weighted by Crippen LogP contribution is 2.36. The molecule has 0 saturated heterocycles. The fraction of sp³-hybridized carbons (Fsp3) is 0.286. The van der Waals surface area contributed by atoms with Crippen molar-refractivity contribution in [1.29, 1.82) is 0 Å². The van der Waals surface area contributed by atoms with E-state index in [1.807, 2.05) is 26.0 Å². The number of anilines is 1. The number of carbonyl (C=O) groups is 1. The minimum absolute atomic E-state index is 0.156. The smallest absolute Gasteiger partial charge is 0.248 e. The van der Waals surface area contributed by atoms with Crippen molar-refractivity contribution in [2.24, 2.45) is 0 Å². The van der Waals surface area contributed by atoms with Gasteiger partial charge in [-0.15, -0.1) is 0 Å². The van der Waals surface area contributed by atoms with E-state index in [1.54, 1.807) is 24.3 Å². The molecule has 140 valence electrons. The van der Waals surface area contributed by atoms with Gasteiger partial charge >= 0.3 is 0 Å². The minimum atomic E-state index is -0.244. The van der Waals surface area contributed by atoms with Crippen LogP contribution in [0.3, 0.4) is 0 Å². The maximum atomic E-state index is 12.3. The van der Waals surface area contributed by atoms with Crippen molar-refractivity contribution in [3.8, 4) is 23.0 Å². The summed E-state index contributed by atoms with van der Waals surface area (Å²) in [5, 5.41) is 2.82. The standard InChI is InChI=1S/C21H21NO5/c1-3-24-18-10-15-8-13(2)27-19(15)9-14(18)4-7-21(23)22-16-5-6-17-20(11-16)26-12-25-17/h4-7,9-11,13H,3,8,12H2,1-2H3,(H,22,23). The molecule has 0 spiro atoms. The van der Waals surface area contributed by atoms with Gasteiger partial charge in [-0.3, -0.25) is 4.79 Å². The van der Waals surface area contributed by atoms with Crippen molar-refractivity contribution in [3.63, 3.8) is 0 Å². The van der Waals surface area contributed by atoms with Gasteiger partial charge in [-0.25, -0.2) is 0 Å². The van der Waals surface area contributed by atoms with Gasteiger partial charge in [0, 0.05) is 35.4 Å². The molecule has 0 radical (unpaired) electrons. The normalized spacial score (nSPS) is 16.9. The van der Waals surface area contributed by atoms with Gasteiger partial charge in [-0.2, -0.15) is 0 Å².